The smallest absolute Gasteiger partial charge is 0.289 e. The Kier molecular flexibility index (Phi) is 6.12. The van der Waals surface area contributed by atoms with Crippen LogP contribution >= 0.6 is 23.6 Å². The molecule has 4 rings (SSSR count). The normalized spacial score (nSPS) is 10.3. The third-order valence-electron chi connectivity index (χ3n) is 4.22. The third kappa shape index (κ3) is 4.71. The van der Waals surface area contributed by atoms with Crippen LogP contribution in [0.15, 0.2) is 91.0 Å². The average molecular weight is 431 g/mol. The number of thiazole rings is 1. The molecule has 0 bridgehead atoms. The van der Waals surface area contributed by atoms with Crippen molar-refractivity contribution in [3.8, 4) is 21.0 Å². The van der Waals surface area contributed by atoms with E-state index >= 15 is 0 Å². The molecule has 148 valence electrons. The maximum absolute atomic E-state index is 12.9. The summed E-state index contributed by atoms with van der Waals surface area (Å²) < 4.78 is 0. The molecule has 0 atom stereocenters. The number of amides is 1. The van der Waals surface area contributed by atoms with E-state index < -0.39 is 0 Å². The summed E-state index contributed by atoms with van der Waals surface area (Å²) in [5.74, 6) is -0.357. The molecule has 0 fully saturated rings. The van der Waals surface area contributed by atoms with Crippen molar-refractivity contribution in [2.75, 3.05) is 5.32 Å². The van der Waals surface area contributed by atoms with Crippen LogP contribution in [0, 0.1) is 0 Å². The molecule has 0 radical (unpaired) electrons. The zero-order valence-electron chi connectivity index (χ0n) is 15.8. The van der Waals surface area contributed by atoms with E-state index in [-0.39, 0.29) is 11.0 Å². The Balaban J connectivity index is 1.55. The lowest BCUT2D eigenvalue weighted by molar-refractivity contribution is 0.0940. The highest BCUT2D eigenvalue weighted by atomic mass is 32.1. The Labute approximate surface area is 183 Å². The summed E-state index contributed by atoms with van der Waals surface area (Å²) in [5, 5.41) is 4.08. The van der Waals surface area contributed by atoms with Gasteiger partial charge in [-0.25, -0.2) is 4.98 Å². The molecule has 3 aromatic carbocycles. The van der Waals surface area contributed by atoms with Crippen LogP contribution in [0.2, 0.25) is 0 Å². The number of aromatic nitrogens is 1. The summed E-state index contributed by atoms with van der Waals surface area (Å²) in [7, 11) is 0. The molecule has 7 heteroatoms. The van der Waals surface area contributed by atoms with Crippen molar-refractivity contribution in [1.82, 2.24) is 15.8 Å². The van der Waals surface area contributed by atoms with Gasteiger partial charge >= 0.3 is 0 Å². The fourth-order valence-corrected chi connectivity index (χ4v) is 4.06. The predicted molar refractivity (Wildman–Crippen MR) is 126 cm³/mol. The van der Waals surface area contributed by atoms with Crippen molar-refractivity contribution in [1.29, 1.82) is 0 Å². The molecule has 1 heterocycles. The fraction of sp³-hybridized carbons (Fsp3) is 0. The minimum absolute atomic E-state index is 0.286. The number of para-hydroxylation sites is 1. The van der Waals surface area contributed by atoms with Crippen LogP contribution in [0.3, 0.4) is 0 Å². The van der Waals surface area contributed by atoms with Crippen molar-refractivity contribution in [3.05, 3.63) is 96.7 Å². The Bertz CT molecular complexity index is 1150. The van der Waals surface area contributed by atoms with E-state index in [0.717, 1.165) is 26.7 Å². The average Bonchev–Trinajstić information content (AvgIpc) is 3.25. The lowest BCUT2D eigenvalue weighted by Crippen LogP contribution is -2.44. The van der Waals surface area contributed by atoms with Gasteiger partial charge in [0.05, 0.1) is 4.88 Å². The van der Waals surface area contributed by atoms with E-state index in [4.69, 9.17) is 12.2 Å². The second kappa shape index (κ2) is 9.30. The van der Waals surface area contributed by atoms with Crippen LogP contribution in [-0.4, -0.2) is 16.0 Å². The molecular formula is C23H18N4OS2. The van der Waals surface area contributed by atoms with Crippen LogP contribution in [-0.2, 0) is 0 Å². The van der Waals surface area contributed by atoms with Gasteiger partial charge in [0.25, 0.3) is 5.91 Å². The topological polar surface area (TPSA) is 66.1 Å². The van der Waals surface area contributed by atoms with Gasteiger partial charge in [0.15, 0.2) is 5.11 Å². The second-order valence-electron chi connectivity index (χ2n) is 6.33. The first-order valence-corrected chi connectivity index (χ1v) is 10.5. The van der Waals surface area contributed by atoms with Crippen molar-refractivity contribution >= 4 is 40.3 Å². The molecule has 0 aliphatic heterocycles. The molecule has 3 N–H and O–H groups in total. The van der Waals surface area contributed by atoms with E-state index in [0.29, 0.717) is 5.69 Å². The summed E-state index contributed by atoms with van der Waals surface area (Å²) in [6, 6.07) is 29.1. The zero-order valence-corrected chi connectivity index (χ0v) is 17.5. The van der Waals surface area contributed by atoms with Gasteiger partial charge in [-0.2, -0.15) is 0 Å². The minimum Gasteiger partial charge on any atom is -0.331 e. The largest absolute Gasteiger partial charge is 0.331 e. The fourth-order valence-electron chi connectivity index (χ4n) is 2.82. The SMILES string of the molecule is O=C(NNC(=S)Nc1ccccc1)c1nc(-c2ccccc2)sc1-c1ccccc1. The predicted octanol–water partition coefficient (Wildman–Crippen LogP) is 5.11. The molecule has 4 aromatic rings. The number of nitrogens with zero attached hydrogens (tertiary/aromatic N) is 1. The number of thiocarbonyl (C=S) groups is 1. The molecule has 5 nitrogen and oxygen atoms in total. The maximum Gasteiger partial charge on any atom is 0.289 e. The van der Waals surface area contributed by atoms with Crippen LogP contribution in [0.1, 0.15) is 10.5 Å². The Hall–Kier alpha value is -3.55. The number of nitrogens with one attached hydrogen (secondary N) is 3. The number of hydrogen-bond donors (Lipinski definition) is 3. The molecule has 1 amide bonds. The summed E-state index contributed by atoms with van der Waals surface area (Å²) in [6.07, 6.45) is 0. The van der Waals surface area contributed by atoms with Gasteiger partial charge in [-0.05, 0) is 29.9 Å². The molecular weight excluding hydrogens is 412 g/mol. The number of hydrogen-bond acceptors (Lipinski definition) is 4. The van der Waals surface area contributed by atoms with E-state index in [1.54, 1.807) is 0 Å². The summed E-state index contributed by atoms with van der Waals surface area (Å²) in [4.78, 5) is 18.3. The first-order valence-electron chi connectivity index (χ1n) is 9.25. The molecule has 0 aliphatic rings. The van der Waals surface area contributed by atoms with Crippen molar-refractivity contribution in [3.63, 3.8) is 0 Å². The van der Waals surface area contributed by atoms with E-state index in [9.17, 15) is 4.79 Å². The number of hydrazine groups is 1. The van der Waals surface area contributed by atoms with E-state index in [1.165, 1.54) is 11.3 Å². The highest BCUT2D eigenvalue weighted by molar-refractivity contribution is 7.80. The molecule has 0 spiro atoms. The van der Waals surface area contributed by atoms with Crippen LogP contribution in [0.4, 0.5) is 5.69 Å². The van der Waals surface area contributed by atoms with Crippen LogP contribution in [0.25, 0.3) is 21.0 Å². The minimum atomic E-state index is -0.357. The number of rotatable bonds is 4. The number of benzene rings is 3. The molecule has 0 unspecified atom stereocenters. The first-order chi connectivity index (χ1) is 14.7. The lowest BCUT2D eigenvalue weighted by Gasteiger charge is -2.11. The highest BCUT2D eigenvalue weighted by Gasteiger charge is 2.20. The Morgan fingerprint density at radius 1 is 0.767 bits per heavy atom. The monoisotopic (exact) mass is 430 g/mol. The maximum atomic E-state index is 12.9. The summed E-state index contributed by atoms with van der Waals surface area (Å²) in [5.41, 5.74) is 8.47. The van der Waals surface area contributed by atoms with Crippen molar-refractivity contribution < 1.29 is 4.79 Å². The van der Waals surface area contributed by atoms with Gasteiger partial charge in [-0.15, -0.1) is 11.3 Å². The first kappa shape index (κ1) is 19.8. The standard InChI is InChI=1S/C23H18N4OS2/c28-21(26-27-23(29)24-18-14-8-3-9-15-18)19-20(16-10-4-1-5-11-16)30-22(25-19)17-12-6-2-7-13-17/h1-15H,(H,26,28)(H2,24,27,29). The molecule has 0 aliphatic carbocycles. The Morgan fingerprint density at radius 2 is 1.33 bits per heavy atom. The van der Waals surface area contributed by atoms with Gasteiger partial charge < -0.3 is 5.32 Å². The van der Waals surface area contributed by atoms with Crippen LogP contribution in [0.5, 0.6) is 0 Å². The highest BCUT2D eigenvalue weighted by Crippen LogP contribution is 2.35. The number of carbonyl (C=O) groups is 1. The van der Waals surface area contributed by atoms with Gasteiger partial charge in [-0.1, -0.05) is 78.9 Å². The van der Waals surface area contributed by atoms with Gasteiger partial charge in [0.2, 0.25) is 0 Å². The number of anilines is 1. The quantitative estimate of drug-likeness (QED) is 0.310. The second-order valence-corrected chi connectivity index (χ2v) is 7.74. The molecule has 0 saturated carbocycles. The zero-order chi connectivity index (χ0) is 20.8. The summed E-state index contributed by atoms with van der Waals surface area (Å²) in [6.45, 7) is 0. The molecule has 30 heavy (non-hydrogen) atoms. The van der Waals surface area contributed by atoms with Crippen molar-refractivity contribution in [2.45, 2.75) is 0 Å². The van der Waals surface area contributed by atoms with Gasteiger partial charge in [0, 0.05) is 11.3 Å². The Morgan fingerprint density at radius 3 is 1.97 bits per heavy atom. The van der Waals surface area contributed by atoms with Crippen LogP contribution < -0.4 is 16.2 Å². The van der Waals surface area contributed by atoms with Gasteiger partial charge in [-0.3, -0.25) is 15.6 Å². The third-order valence-corrected chi connectivity index (χ3v) is 5.58. The number of carbonyl (C=O) groups excluding carboxylic acids is 1. The van der Waals surface area contributed by atoms with Gasteiger partial charge in [0.1, 0.15) is 10.7 Å². The lowest BCUT2D eigenvalue weighted by atomic mass is 10.1. The van der Waals surface area contributed by atoms with E-state index in [1.807, 2.05) is 91.0 Å². The summed E-state index contributed by atoms with van der Waals surface area (Å²) >= 11 is 6.74. The van der Waals surface area contributed by atoms with E-state index in [2.05, 4.69) is 21.2 Å². The molecule has 0 saturated heterocycles. The van der Waals surface area contributed by atoms with Crippen molar-refractivity contribution in [2.24, 2.45) is 0 Å². The molecule has 1 aromatic heterocycles.